The van der Waals surface area contributed by atoms with Gasteiger partial charge in [-0.3, -0.25) is 4.79 Å². The molecule has 4 aromatic rings. The molecule has 2 N–H and O–H groups in total. The van der Waals surface area contributed by atoms with Crippen LogP contribution in [0.3, 0.4) is 0 Å². The summed E-state index contributed by atoms with van der Waals surface area (Å²) in [7, 11) is 3.00. The number of aromatic amines is 1. The highest BCUT2D eigenvalue weighted by Crippen LogP contribution is 2.30. The Bertz CT molecular complexity index is 1570. The normalized spacial score (nSPS) is 11.5. The van der Waals surface area contributed by atoms with Gasteiger partial charge < -0.3 is 29.6 Å². The highest BCUT2D eigenvalue weighted by molar-refractivity contribution is 5.93. The van der Waals surface area contributed by atoms with Gasteiger partial charge in [0.2, 0.25) is 5.91 Å². The summed E-state index contributed by atoms with van der Waals surface area (Å²) in [5.41, 5.74) is 2.19. The molecule has 0 saturated heterocycles. The molecule has 8 nitrogen and oxygen atoms in total. The van der Waals surface area contributed by atoms with Gasteiger partial charge in [0.25, 0.3) is 0 Å². The summed E-state index contributed by atoms with van der Waals surface area (Å²) in [5.74, 6) is 0.683. The van der Waals surface area contributed by atoms with Crippen LogP contribution in [0.5, 0.6) is 11.5 Å². The Kier molecular flexibility index (Phi) is 10.4. The van der Waals surface area contributed by atoms with E-state index in [-0.39, 0.29) is 24.9 Å². The zero-order valence-corrected chi connectivity index (χ0v) is 25.2. The molecule has 0 atom stereocenters. The van der Waals surface area contributed by atoms with Crippen LogP contribution in [0.4, 0.5) is 23.7 Å². The maximum absolute atomic E-state index is 13.8. The number of anilines is 1. The number of benzene rings is 3. The number of fused-ring (bicyclic) bond motifs is 1. The molecule has 4 rings (SSSR count). The van der Waals surface area contributed by atoms with E-state index in [1.165, 1.54) is 31.3 Å². The molecule has 44 heavy (non-hydrogen) atoms. The number of carbonyl (C=O) groups excluding carboxylic acids is 2. The lowest BCUT2D eigenvalue weighted by Gasteiger charge is -2.29. The number of halogens is 3. The molecule has 0 spiro atoms. The van der Waals surface area contributed by atoms with E-state index in [1.807, 2.05) is 44.3 Å². The van der Waals surface area contributed by atoms with Crippen molar-refractivity contribution in [3.05, 3.63) is 89.6 Å². The zero-order chi connectivity index (χ0) is 31.9. The monoisotopic (exact) mass is 610 g/mol. The Morgan fingerprint density at radius 3 is 2.34 bits per heavy atom. The molecule has 1 heterocycles. The third-order valence-electron chi connectivity index (χ3n) is 7.18. The fourth-order valence-electron chi connectivity index (χ4n) is 4.92. The highest BCUT2D eigenvalue weighted by atomic mass is 19.4. The molecule has 3 amide bonds. The van der Waals surface area contributed by atoms with Gasteiger partial charge in [-0.05, 0) is 53.8 Å². The number of rotatable bonds is 12. The summed E-state index contributed by atoms with van der Waals surface area (Å²) in [4.78, 5) is 33.5. The van der Waals surface area contributed by atoms with Crippen molar-refractivity contribution < 1.29 is 32.2 Å². The number of hydrogen-bond donors (Lipinski definition) is 2. The molecule has 0 saturated carbocycles. The van der Waals surface area contributed by atoms with Gasteiger partial charge in [0, 0.05) is 42.8 Å². The van der Waals surface area contributed by atoms with E-state index in [2.05, 4.69) is 10.3 Å². The van der Waals surface area contributed by atoms with Crippen molar-refractivity contribution in [2.45, 2.75) is 33.0 Å². The van der Waals surface area contributed by atoms with Crippen LogP contribution in [-0.2, 0) is 23.9 Å². The van der Waals surface area contributed by atoms with Crippen LogP contribution in [0, 0.1) is 5.92 Å². The van der Waals surface area contributed by atoms with Crippen molar-refractivity contribution in [3.63, 3.8) is 0 Å². The first kappa shape index (κ1) is 32.2. The Morgan fingerprint density at radius 1 is 0.955 bits per heavy atom. The van der Waals surface area contributed by atoms with Crippen LogP contribution >= 0.6 is 0 Å². The molecule has 0 aliphatic carbocycles. The number of alkyl halides is 3. The number of ether oxygens (including phenoxy) is 2. The fourth-order valence-corrected chi connectivity index (χ4v) is 4.92. The summed E-state index contributed by atoms with van der Waals surface area (Å²) < 4.78 is 50.1. The van der Waals surface area contributed by atoms with Crippen LogP contribution < -0.4 is 14.8 Å². The van der Waals surface area contributed by atoms with Gasteiger partial charge in [0.05, 0.1) is 25.5 Å². The molecule has 3 aromatic carbocycles. The average molecular weight is 611 g/mol. The largest absolute Gasteiger partial charge is 0.497 e. The van der Waals surface area contributed by atoms with Gasteiger partial charge in [0.1, 0.15) is 18.0 Å². The highest BCUT2D eigenvalue weighted by Gasteiger charge is 2.30. The van der Waals surface area contributed by atoms with E-state index >= 15 is 0 Å². The van der Waals surface area contributed by atoms with E-state index in [0.29, 0.717) is 42.3 Å². The molecular weight excluding hydrogens is 573 g/mol. The van der Waals surface area contributed by atoms with Crippen molar-refractivity contribution in [1.82, 2.24) is 14.8 Å². The third-order valence-corrected chi connectivity index (χ3v) is 7.18. The number of hydrogen-bond acceptors (Lipinski definition) is 4. The second kappa shape index (κ2) is 14.2. The first-order valence-corrected chi connectivity index (χ1v) is 14.2. The van der Waals surface area contributed by atoms with Crippen molar-refractivity contribution in [2.75, 3.05) is 39.2 Å². The molecule has 1 aromatic heterocycles. The molecule has 234 valence electrons. The average Bonchev–Trinajstić information content (AvgIpc) is 3.41. The first-order chi connectivity index (χ1) is 21.0. The minimum Gasteiger partial charge on any atom is -0.497 e. The summed E-state index contributed by atoms with van der Waals surface area (Å²) in [6.45, 7) is 4.34. The molecule has 0 radical (unpaired) electrons. The predicted octanol–water partition coefficient (Wildman–Crippen LogP) is 6.97. The number of amides is 3. The number of methoxy groups -OCH3 is 2. The summed E-state index contributed by atoms with van der Waals surface area (Å²) >= 11 is 0. The molecule has 11 heteroatoms. The molecule has 0 aliphatic rings. The maximum atomic E-state index is 13.8. The standard InChI is InChI=1S/C33H37F3N4O4/c1-22(2)19-40(32(42)38-29-14-13-26(43-3)17-30(29)44-4)21-31(41)39(20-23-9-11-25(12-10-23)33(34,35)36)16-15-24-18-37-28-8-6-5-7-27(24)28/h5-14,17-18,22,37H,15-16,19-21H2,1-4H3,(H,38,42). The van der Waals surface area contributed by atoms with Gasteiger partial charge in [0.15, 0.2) is 0 Å². The maximum Gasteiger partial charge on any atom is 0.416 e. The Labute approximate surface area is 254 Å². The molecule has 0 aliphatic heterocycles. The second-order valence-electron chi connectivity index (χ2n) is 10.9. The van der Waals surface area contributed by atoms with Gasteiger partial charge in [-0.25, -0.2) is 4.79 Å². The number of para-hydroxylation sites is 1. The van der Waals surface area contributed by atoms with Crippen molar-refractivity contribution in [2.24, 2.45) is 5.92 Å². The summed E-state index contributed by atoms with van der Waals surface area (Å²) in [5, 5.41) is 3.86. The minimum atomic E-state index is -4.46. The molecule has 0 unspecified atom stereocenters. The van der Waals surface area contributed by atoms with E-state index in [4.69, 9.17) is 9.47 Å². The van der Waals surface area contributed by atoms with Crippen molar-refractivity contribution in [3.8, 4) is 11.5 Å². The number of urea groups is 1. The van der Waals surface area contributed by atoms with E-state index in [1.54, 1.807) is 23.1 Å². The van der Waals surface area contributed by atoms with Gasteiger partial charge in [-0.15, -0.1) is 0 Å². The SMILES string of the molecule is COc1ccc(NC(=O)N(CC(=O)N(CCc2c[nH]c3ccccc23)Cc2ccc(C(F)(F)F)cc2)CC(C)C)c(OC)c1. The van der Waals surface area contributed by atoms with Gasteiger partial charge >= 0.3 is 12.2 Å². The smallest absolute Gasteiger partial charge is 0.416 e. The van der Waals surface area contributed by atoms with Crippen molar-refractivity contribution >= 4 is 28.5 Å². The zero-order valence-electron chi connectivity index (χ0n) is 25.2. The first-order valence-electron chi connectivity index (χ1n) is 14.2. The number of aromatic nitrogens is 1. The van der Waals surface area contributed by atoms with Crippen LogP contribution in [-0.4, -0.2) is 60.6 Å². The van der Waals surface area contributed by atoms with Gasteiger partial charge in [-0.2, -0.15) is 13.2 Å². The topological polar surface area (TPSA) is 86.9 Å². The van der Waals surface area contributed by atoms with E-state index < -0.39 is 17.8 Å². The Balaban J connectivity index is 1.55. The summed E-state index contributed by atoms with van der Waals surface area (Å²) in [6, 6.07) is 17.1. The van der Waals surface area contributed by atoms with E-state index in [0.717, 1.165) is 28.6 Å². The minimum absolute atomic E-state index is 0.0564. The van der Waals surface area contributed by atoms with Crippen LogP contribution in [0.2, 0.25) is 0 Å². The predicted molar refractivity (Wildman–Crippen MR) is 164 cm³/mol. The van der Waals surface area contributed by atoms with E-state index in [9.17, 15) is 22.8 Å². The second-order valence-corrected chi connectivity index (χ2v) is 10.9. The lowest BCUT2D eigenvalue weighted by atomic mass is 10.1. The molecule has 0 bridgehead atoms. The quantitative estimate of drug-likeness (QED) is 0.182. The summed E-state index contributed by atoms with van der Waals surface area (Å²) in [6.07, 6.45) is -2.05. The molecular formula is C33H37F3N4O4. The lowest BCUT2D eigenvalue weighted by molar-refractivity contribution is -0.137. The Morgan fingerprint density at radius 2 is 1.68 bits per heavy atom. The lowest BCUT2D eigenvalue weighted by Crippen LogP contribution is -2.46. The third kappa shape index (κ3) is 8.24. The number of H-pyrrole nitrogens is 1. The molecule has 0 fully saturated rings. The van der Waals surface area contributed by atoms with Crippen molar-refractivity contribution in [1.29, 1.82) is 0 Å². The van der Waals surface area contributed by atoms with Crippen LogP contribution in [0.1, 0.15) is 30.5 Å². The van der Waals surface area contributed by atoms with Crippen LogP contribution in [0.25, 0.3) is 10.9 Å². The fraction of sp³-hybridized carbons (Fsp3) is 0.333. The number of nitrogens with zero attached hydrogens (tertiary/aromatic N) is 2. The van der Waals surface area contributed by atoms with Gasteiger partial charge in [-0.1, -0.05) is 44.2 Å². The number of nitrogens with one attached hydrogen (secondary N) is 2. The Hall–Kier alpha value is -4.67. The van der Waals surface area contributed by atoms with Crippen LogP contribution in [0.15, 0.2) is 72.9 Å². The number of carbonyl (C=O) groups is 2.